The molecule has 4 heteroatoms. The Bertz CT molecular complexity index is 722. The molecule has 1 amide bonds. The first-order valence-electron chi connectivity index (χ1n) is 9.83. The molecule has 0 aromatic heterocycles. The Hall–Kier alpha value is -2.17. The van der Waals surface area contributed by atoms with Gasteiger partial charge in [0.25, 0.3) is 0 Å². The second kappa shape index (κ2) is 9.67. The van der Waals surface area contributed by atoms with Gasteiger partial charge in [-0.15, -0.1) is 0 Å². The van der Waals surface area contributed by atoms with Gasteiger partial charge in [-0.2, -0.15) is 0 Å². The summed E-state index contributed by atoms with van der Waals surface area (Å²) in [6.45, 7) is 8.63. The molecule has 144 valence electrons. The van der Waals surface area contributed by atoms with Gasteiger partial charge < -0.3 is 15.0 Å². The van der Waals surface area contributed by atoms with Gasteiger partial charge in [0, 0.05) is 25.3 Å². The Morgan fingerprint density at radius 2 is 1.74 bits per heavy atom. The standard InChI is InChI=1S/C23H30N2O2/c1-18-14-25(15-19(18)2)12-11-20-9-6-10-22(13-20)24-23(26)17-27-16-21-7-4-3-5-8-21/h3-10,13,18-19H,11-12,14-17H2,1-2H3,(H,24,26). The van der Waals surface area contributed by atoms with Crippen molar-refractivity contribution < 1.29 is 9.53 Å². The number of amides is 1. The van der Waals surface area contributed by atoms with Crippen molar-refractivity contribution in [1.82, 2.24) is 4.90 Å². The maximum Gasteiger partial charge on any atom is 0.250 e. The van der Waals surface area contributed by atoms with Crippen LogP contribution in [0.15, 0.2) is 54.6 Å². The van der Waals surface area contributed by atoms with E-state index in [0.29, 0.717) is 6.61 Å². The van der Waals surface area contributed by atoms with Crippen LogP contribution in [0.1, 0.15) is 25.0 Å². The van der Waals surface area contributed by atoms with Crippen LogP contribution in [0, 0.1) is 11.8 Å². The van der Waals surface area contributed by atoms with Crippen molar-refractivity contribution in [2.75, 3.05) is 31.6 Å². The van der Waals surface area contributed by atoms with Crippen molar-refractivity contribution >= 4 is 11.6 Å². The minimum Gasteiger partial charge on any atom is -0.367 e. The van der Waals surface area contributed by atoms with Crippen LogP contribution in [-0.4, -0.2) is 37.0 Å². The van der Waals surface area contributed by atoms with E-state index in [0.717, 1.165) is 36.1 Å². The van der Waals surface area contributed by atoms with Crippen molar-refractivity contribution in [3.63, 3.8) is 0 Å². The van der Waals surface area contributed by atoms with Crippen LogP contribution in [0.25, 0.3) is 0 Å². The fourth-order valence-electron chi connectivity index (χ4n) is 3.56. The lowest BCUT2D eigenvalue weighted by Crippen LogP contribution is -2.23. The van der Waals surface area contributed by atoms with E-state index in [2.05, 4.69) is 36.2 Å². The van der Waals surface area contributed by atoms with Crippen LogP contribution in [0.4, 0.5) is 5.69 Å². The number of hydrogen-bond donors (Lipinski definition) is 1. The van der Waals surface area contributed by atoms with E-state index in [9.17, 15) is 4.79 Å². The quantitative estimate of drug-likeness (QED) is 0.768. The summed E-state index contributed by atoms with van der Waals surface area (Å²) in [5.41, 5.74) is 3.16. The van der Waals surface area contributed by atoms with E-state index in [1.165, 1.54) is 18.7 Å². The normalized spacial score (nSPS) is 19.9. The molecule has 2 aromatic carbocycles. The van der Waals surface area contributed by atoms with Crippen molar-refractivity contribution in [3.05, 3.63) is 65.7 Å². The molecule has 3 rings (SSSR count). The predicted octanol–water partition coefficient (Wildman–Crippen LogP) is 3.97. The largest absolute Gasteiger partial charge is 0.367 e. The van der Waals surface area contributed by atoms with Gasteiger partial charge in [0.1, 0.15) is 6.61 Å². The molecule has 1 aliphatic heterocycles. The number of anilines is 1. The van der Waals surface area contributed by atoms with Gasteiger partial charge in [-0.25, -0.2) is 0 Å². The Morgan fingerprint density at radius 1 is 1.04 bits per heavy atom. The molecule has 1 heterocycles. The minimum absolute atomic E-state index is 0.0582. The minimum atomic E-state index is -0.120. The molecule has 2 aromatic rings. The van der Waals surface area contributed by atoms with Gasteiger partial charge >= 0.3 is 0 Å². The van der Waals surface area contributed by atoms with E-state index >= 15 is 0 Å². The van der Waals surface area contributed by atoms with Crippen LogP contribution in [0.3, 0.4) is 0 Å². The first-order chi connectivity index (χ1) is 13.1. The molecule has 2 atom stereocenters. The highest BCUT2D eigenvalue weighted by molar-refractivity contribution is 5.91. The van der Waals surface area contributed by atoms with Crippen molar-refractivity contribution in [3.8, 4) is 0 Å². The molecule has 1 fully saturated rings. The highest BCUT2D eigenvalue weighted by Crippen LogP contribution is 2.22. The molecule has 1 N–H and O–H groups in total. The van der Waals surface area contributed by atoms with E-state index < -0.39 is 0 Å². The molecule has 0 saturated carbocycles. The van der Waals surface area contributed by atoms with Gasteiger partial charge in [0.15, 0.2) is 0 Å². The number of hydrogen-bond acceptors (Lipinski definition) is 3. The zero-order valence-corrected chi connectivity index (χ0v) is 16.4. The summed E-state index contributed by atoms with van der Waals surface area (Å²) in [5, 5.41) is 2.93. The summed E-state index contributed by atoms with van der Waals surface area (Å²) >= 11 is 0. The van der Waals surface area contributed by atoms with Gasteiger partial charge in [0.05, 0.1) is 6.61 Å². The van der Waals surface area contributed by atoms with Gasteiger partial charge in [0.2, 0.25) is 5.91 Å². The molecule has 0 bridgehead atoms. The van der Waals surface area contributed by atoms with Crippen LogP contribution < -0.4 is 5.32 Å². The van der Waals surface area contributed by atoms with Crippen LogP contribution >= 0.6 is 0 Å². The van der Waals surface area contributed by atoms with Crippen LogP contribution in [-0.2, 0) is 22.6 Å². The number of rotatable bonds is 8. The van der Waals surface area contributed by atoms with E-state index in [4.69, 9.17) is 4.74 Å². The maximum absolute atomic E-state index is 12.1. The second-order valence-electron chi connectivity index (χ2n) is 7.69. The molecule has 0 radical (unpaired) electrons. The molecule has 27 heavy (non-hydrogen) atoms. The predicted molar refractivity (Wildman–Crippen MR) is 110 cm³/mol. The molecular formula is C23H30N2O2. The molecule has 0 spiro atoms. The number of ether oxygens (including phenoxy) is 1. The molecule has 0 aliphatic carbocycles. The smallest absolute Gasteiger partial charge is 0.250 e. The number of likely N-dealkylation sites (tertiary alicyclic amines) is 1. The van der Waals surface area contributed by atoms with Crippen molar-refractivity contribution in [1.29, 1.82) is 0 Å². The number of nitrogens with one attached hydrogen (secondary N) is 1. The summed E-state index contributed by atoms with van der Waals surface area (Å²) in [7, 11) is 0. The van der Waals surface area contributed by atoms with E-state index in [-0.39, 0.29) is 12.5 Å². The number of nitrogens with zero attached hydrogens (tertiary/aromatic N) is 1. The second-order valence-corrected chi connectivity index (χ2v) is 7.69. The summed E-state index contributed by atoms with van der Waals surface area (Å²) < 4.78 is 5.50. The zero-order valence-electron chi connectivity index (χ0n) is 16.4. The Kier molecular flexibility index (Phi) is 7.02. The highest BCUT2D eigenvalue weighted by atomic mass is 16.5. The number of carbonyl (C=O) groups is 1. The lowest BCUT2D eigenvalue weighted by atomic mass is 10.0. The van der Waals surface area contributed by atoms with E-state index in [1.807, 2.05) is 42.5 Å². The lowest BCUT2D eigenvalue weighted by Gasteiger charge is -2.15. The third kappa shape index (κ3) is 6.19. The maximum atomic E-state index is 12.1. The first kappa shape index (κ1) is 19.6. The average Bonchev–Trinajstić information content (AvgIpc) is 2.99. The SMILES string of the molecule is CC1CN(CCc2cccc(NC(=O)COCc3ccccc3)c2)CC1C. The molecule has 1 saturated heterocycles. The Balaban J connectivity index is 1.42. The highest BCUT2D eigenvalue weighted by Gasteiger charge is 2.25. The average molecular weight is 367 g/mol. The van der Waals surface area contributed by atoms with Gasteiger partial charge in [-0.3, -0.25) is 4.79 Å². The Morgan fingerprint density at radius 3 is 2.48 bits per heavy atom. The summed E-state index contributed by atoms with van der Waals surface area (Å²) in [5.74, 6) is 1.45. The summed E-state index contributed by atoms with van der Waals surface area (Å²) in [6, 6.07) is 18.0. The third-order valence-electron chi connectivity index (χ3n) is 5.34. The Labute approximate surface area is 162 Å². The molecule has 2 unspecified atom stereocenters. The molecule has 1 aliphatic rings. The topological polar surface area (TPSA) is 41.6 Å². The number of carbonyl (C=O) groups excluding carboxylic acids is 1. The third-order valence-corrected chi connectivity index (χ3v) is 5.34. The first-order valence-corrected chi connectivity index (χ1v) is 9.83. The van der Waals surface area contributed by atoms with Gasteiger partial charge in [-0.1, -0.05) is 56.3 Å². The molecule has 4 nitrogen and oxygen atoms in total. The summed E-state index contributed by atoms with van der Waals surface area (Å²) in [6.07, 6.45) is 1.01. The summed E-state index contributed by atoms with van der Waals surface area (Å²) in [4.78, 5) is 14.6. The molecular weight excluding hydrogens is 336 g/mol. The monoisotopic (exact) mass is 366 g/mol. The lowest BCUT2D eigenvalue weighted by molar-refractivity contribution is -0.121. The van der Waals surface area contributed by atoms with Crippen LogP contribution in [0.2, 0.25) is 0 Å². The van der Waals surface area contributed by atoms with Gasteiger partial charge in [-0.05, 0) is 41.5 Å². The van der Waals surface area contributed by atoms with Crippen molar-refractivity contribution in [2.45, 2.75) is 26.9 Å². The zero-order chi connectivity index (χ0) is 19.1. The van der Waals surface area contributed by atoms with Crippen molar-refractivity contribution in [2.24, 2.45) is 11.8 Å². The fourth-order valence-corrected chi connectivity index (χ4v) is 3.56. The fraction of sp³-hybridized carbons (Fsp3) is 0.435. The van der Waals surface area contributed by atoms with E-state index in [1.54, 1.807) is 0 Å². The number of benzene rings is 2. The van der Waals surface area contributed by atoms with Crippen LogP contribution in [0.5, 0.6) is 0 Å².